The lowest BCUT2D eigenvalue weighted by atomic mass is 10.1. The second-order valence-electron chi connectivity index (χ2n) is 4.26. The summed E-state index contributed by atoms with van der Waals surface area (Å²) in [6, 6.07) is 8.98. The van der Waals surface area contributed by atoms with Gasteiger partial charge in [0.05, 0.1) is 0 Å². The highest BCUT2D eigenvalue weighted by Crippen LogP contribution is 2.07. The number of aryl methyl sites for hydroxylation is 1. The first kappa shape index (κ1) is 16.2. The third-order valence-corrected chi connectivity index (χ3v) is 2.78. The van der Waals surface area contributed by atoms with Crippen molar-refractivity contribution in [3.8, 4) is 0 Å². The van der Waals surface area contributed by atoms with E-state index < -0.39 is 0 Å². The summed E-state index contributed by atoms with van der Waals surface area (Å²) in [4.78, 5) is 2.39. The second-order valence-corrected chi connectivity index (χ2v) is 4.26. The van der Waals surface area contributed by atoms with E-state index in [1.54, 1.807) is 0 Å². The number of rotatable bonds is 6. The Balaban J connectivity index is 0.00000121. The molecule has 0 aliphatic carbocycles. The van der Waals surface area contributed by atoms with Gasteiger partial charge >= 0.3 is 0 Å². The molecule has 0 spiro atoms. The fourth-order valence-corrected chi connectivity index (χ4v) is 1.70. The van der Waals surface area contributed by atoms with Crippen LogP contribution in [0.15, 0.2) is 24.3 Å². The van der Waals surface area contributed by atoms with Gasteiger partial charge in [0.2, 0.25) is 0 Å². The molecule has 0 bridgehead atoms. The lowest BCUT2D eigenvalue weighted by Gasteiger charge is -2.16. The zero-order valence-electron chi connectivity index (χ0n) is 12.3. The first-order chi connectivity index (χ1) is 8.26. The summed E-state index contributed by atoms with van der Waals surface area (Å²) < 4.78 is 0. The van der Waals surface area contributed by atoms with Crippen LogP contribution < -0.4 is 0 Å². The van der Waals surface area contributed by atoms with Crippen molar-refractivity contribution in [2.24, 2.45) is 0 Å². The van der Waals surface area contributed by atoms with Crippen LogP contribution >= 0.6 is 0 Å². The molecule has 0 saturated heterocycles. The molecule has 0 amide bonds. The molecule has 0 N–H and O–H groups in total. The molecule has 0 fully saturated rings. The zero-order valence-corrected chi connectivity index (χ0v) is 12.3. The van der Waals surface area contributed by atoms with E-state index in [0.29, 0.717) is 0 Å². The third-order valence-electron chi connectivity index (χ3n) is 2.78. The number of hydrogen-bond acceptors (Lipinski definition) is 1. The highest BCUT2D eigenvalue weighted by molar-refractivity contribution is 5.22. The Morgan fingerprint density at radius 1 is 0.941 bits per heavy atom. The third kappa shape index (κ3) is 7.17. The molecule has 0 heterocycles. The predicted molar refractivity (Wildman–Crippen MR) is 78.4 cm³/mol. The molecule has 17 heavy (non-hydrogen) atoms. The average molecular weight is 235 g/mol. The van der Waals surface area contributed by atoms with Gasteiger partial charge in [-0.05, 0) is 37.6 Å². The van der Waals surface area contributed by atoms with Crippen LogP contribution in [0.5, 0.6) is 0 Å². The summed E-state index contributed by atoms with van der Waals surface area (Å²) in [6.45, 7) is 10.7. The Labute approximate surface area is 108 Å². The fourth-order valence-electron chi connectivity index (χ4n) is 1.70. The molecular weight excluding hydrogens is 206 g/mol. The Morgan fingerprint density at radius 3 is 1.94 bits per heavy atom. The van der Waals surface area contributed by atoms with E-state index >= 15 is 0 Å². The minimum atomic E-state index is 1.07. The maximum atomic E-state index is 2.39. The maximum Gasteiger partial charge on any atom is 0.0230 e. The molecule has 1 aromatic rings. The van der Waals surface area contributed by atoms with Crippen LogP contribution in [0.1, 0.15) is 51.7 Å². The number of nitrogens with zero attached hydrogens (tertiary/aromatic N) is 1. The van der Waals surface area contributed by atoms with Crippen molar-refractivity contribution in [2.75, 3.05) is 13.6 Å². The van der Waals surface area contributed by atoms with Gasteiger partial charge < -0.3 is 4.90 Å². The molecule has 0 aliphatic heterocycles. The van der Waals surface area contributed by atoms with Gasteiger partial charge in [-0.3, -0.25) is 0 Å². The molecule has 0 aliphatic rings. The van der Waals surface area contributed by atoms with E-state index in [-0.39, 0.29) is 0 Å². The molecule has 1 nitrogen and oxygen atoms in total. The predicted octanol–water partition coefficient (Wildman–Crippen LogP) is 4.51. The molecule has 1 rings (SSSR count). The van der Waals surface area contributed by atoms with Crippen molar-refractivity contribution in [2.45, 2.75) is 53.5 Å². The largest absolute Gasteiger partial charge is 0.302 e. The summed E-state index contributed by atoms with van der Waals surface area (Å²) >= 11 is 0. The SMILES string of the molecule is CC.CCCCN(C)Cc1ccc(CC)cc1. The van der Waals surface area contributed by atoms with Gasteiger partial charge in [0.15, 0.2) is 0 Å². The molecular formula is C16H29N. The van der Waals surface area contributed by atoms with Crippen LogP contribution in [0.2, 0.25) is 0 Å². The Kier molecular flexibility index (Phi) is 9.84. The quantitative estimate of drug-likeness (QED) is 0.701. The van der Waals surface area contributed by atoms with E-state index in [2.05, 4.69) is 50.1 Å². The van der Waals surface area contributed by atoms with Crippen LogP contribution in [-0.4, -0.2) is 18.5 Å². The summed E-state index contributed by atoms with van der Waals surface area (Å²) in [5.74, 6) is 0. The van der Waals surface area contributed by atoms with E-state index in [4.69, 9.17) is 0 Å². The minimum Gasteiger partial charge on any atom is -0.302 e. The van der Waals surface area contributed by atoms with Gasteiger partial charge in [-0.25, -0.2) is 0 Å². The Bertz CT molecular complexity index is 263. The van der Waals surface area contributed by atoms with Crippen LogP contribution in [0.25, 0.3) is 0 Å². The van der Waals surface area contributed by atoms with Crippen molar-refractivity contribution >= 4 is 0 Å². The van der Waals surface area contributed by atoms with Crippen LogP contribution in [0.3, 0.4) is 0 Å². The van der Waals surface area contributed by atoms with E-state index in [9.17, 15) is 0 Å². The first-order valence-corrected chi connectivity index (χ1v) is 7.02. The standard InChI is InChI=1S/C14H23N.C2H6/c1-4-6-11-15(3)12-14-9-7-13(5-2)8-10-14;1-2/h7-10H,4-6,11-12H2,1-3H3;1-2H3. The highest BCUT2D eigenvalue weighted by Gasteiger charge is 1.99. The molecule has 0 atom stereocenters. The number of unbranched alkanes of at least 4 members (excludes halogenated alkanes) is 1. The van der Waals surface area contributed by atoms with Crippen molar-refractivity contribution in [3.05, 3.63) is 35.4 Å². The van der Waals surface area contributed by atoms with Gasteiger partial charge in [-0.15, -0.1) is 0 Å². The van der Waals surface area contributed by atoms with E-state index in [1.165, 1.54) is 30.5 Å². The number of hydrogen-bond donors (Lipinski definition) is 0. The molecule has 1 aromatic carbocycles. The topological polar surface area (TPSA) is 3.24 Å². The smallest absolute Gasteiger partial charge is 0.0230 e. The van der Waals surface area contributed by atoms with E-state index in [0.717, 1.165) is 13.0 Å². The summed E-state index contributed by atoms with van der Waals surface area (Å²) in [5.41, 5.74) is 2.85. The van der Waals surface area contributed by atoms with Crippen molar-refractivity contribution in [1.29, 1.82) is 0 Å². The average Bonchev–Trinajstić information content (AvgIpc) is 2.39. The molecule has 98 valence electrons. The van der Waals surface area contributed by atoms with Crippen molar-refractivity contribution in [1.82, 2.24) is 4.90 Å². The first-order valence-electron chi connectivity index (χ1n) is 7.02. The van der Waals surface area contributed by atoms with Gasteiger partial charge in [-0.2, -0.15) is 0 Å². The maximum absolute atomic E-state index is 2.39. The summed E-state index contributed by atoms with van der Waals surface area (Å²) in [5, 5.41) is 0. The van der Waals surface area contributed by atoms with E-state index in [1.807, 2.05) is 13.8 Å². The van der Waals surface area contributed by atoms with Gasteiger partial charge in [0.1, 0.15) is 0 Å². The fraction of sp³-hybridized carbons (Fsp3) is 0.625. The summed E-state index contributed by atoms with van der Waals surface area (Å²) in [6.07, 6.45) is 3.70. The van der Waals surface area contributed by atoms with Crippen LogP contribution in [0, 0.1) is 0 Å². The van der Waals surface area contributed by atoms with Gasteiger partial charge in [-0.1, -0.05) is 58.4 Å². The van der Waals surface area contributed by atoms with Crippen LogP contribution in [0.4, 0.5) is 0 Å². The minimum absolute atomic E-state index is 1.07. The summed E-state index contributed by atoms with van der Waals surface area (Å²) in [7, 11) is 2.20. The van der Waals surface area contributed by atoms with Gasteiger partial charge in [0, 0.05) is 6.54 Å². The molecule has 0 unspecified atom stereocenters. The molecule has 1 heteroatoms. The van der Waals surface area contributed by atoms with Crippen molar-refractivity contribution in [3.63, 3.8) is 0 Å². The van der Waals surface area contributed by atoms with Crippen LogP contribution in [-0.2, 0) is 13.0 Å². The van der Waals surface area contributed by atoms with Gasteiger partial charge in [0.25, 0.3) is 0 Å². The lowest BCUT2D eigenvalue weighted by Crippen LogP contribution is -2.18. The number of benzene rings is 1. The molecule has 0 aromatic heterocycles. The molecule has 0 saturated carbocycles. The van der Waals surface area contributed by atoms with Crippen molar-refractivity contribution < 1.29 is 0 Å². The second kappa shape index (κ2) is 10.3. The zero-order chi connectivity index (χ0) is 13.1. The Morgan fingerprint density at radius 2 is 1.47 bits per heavy atom. The Hall–Kier alpha value is -0.820. The molecule has 0 radical (unpaired) electrons. The normalized spacial score (nSPS) is 10.0. The lowest BCUT2D eigenvalue weighted by molar-refractivity contribution is 0.321. The monoisotopic (exact) mass is 235 g/mol. The highest BCUT2D eigenvalue weighted by atomic mass is 15.1.